The van der Waals surface area contributed by atoms with Gasteiger partial charge >= 0.3 is 5.97 Å². The first-order valence-corrected chi connectivity index (χ1v) is 7.55. The van der Waals surface area contributed by atoms with Crippen LogP contribution in [0.2, 0.25) is 0 Å². The summed E-state index contributed by atoms with van der Waals surface area (Å²) < 4.78 is 5.50. The average molecular weight is 301 g/mol. The number of hydrogen-bond acceptors (Lipinski definition) is 3. The van der Waals surface area contributed by atoms with E-state index in [-0.39, 0.29) is 5.91 Å². The van der Waals surface area contributed by atoms with Crippen LogP contribution in [0.3, 0.4) is 0 Å². The van der Waals surface area contributed by atoms with Gasteiger partial charge in [-0.15, -0.1) is 0 Å². The molecule has 1 aromatic carbocycles. The molecule has 0 aromatic heterocycles. The monoisotopic (exact) mass is 301 g/mol. The van der Waals surface area contributed by atoms with Gasteiger partial charge in [0.2, 0.25) is 5.91 Å². The molecule has 1 amide bonds. The summed E-state index contributed by atoms with van der Waals surface area (Å²) in [5.41, 5.74) is 1.23. The molecule has 4 atom stereocenters. The molecule has 2 bridgehead atoms. The van der Waals surface area contributed by atoms with E-state index in [4.69, 9.17) is 4.74 Å². The molecule has 0 radical (unpaired) electrons. The maximum absolute atomic E-state index is 12.3. The zero-order valence-electron chi connectivity index (χ0n) is 12.1. The van der Waals surface area contributed by atoms with E-state index in [1.54, 1.807) is 12.2 Å². The predicted molar refractivity (Wildman–Crippen MR) is 80.2 cm³/mol. The van der Waals surface area contributed by atoms with Gasteiger partial charge in [0.15, 0.2) is 0 Å². The molecular weight excluding hydrogens is 282 g/mol. The summed E-state index contributed by atoms with van der Waals surface area (Å²) in [5.74, 6) is -2.59. The van der Waals surface area contributed by atoms with Crippen LogP contribution in [0.15, 0.2) is 42.5 Å². The van der Waals surface area contributed by atoms with Crippen molar-refractivity contribution in [2.24, 2.45) is 11.8 Å². The molecule has 5 nitrogen and oxygen atoms in total. The zero-order chi connectivity index (χ0) is 15.5. The normalized spacial score (nSPS) is 28.7. The van der Waals surface area contributed by atoms with Crippen molar-refractivity contribution in [2.45, 2.75) is 25.0 Å². The fourth-order valence-corrected chi connectivity index (χ4v) is 3.18. The Balaban J connectivity index is 1.50. The van der Waals surface area contributed by atoms with Gasteiger partial charge in [-0.1, -0.05) is 42.5 Å². The Morgan fingerprint density at radius 3 is 2.45 bits per heavy atom. The lowest BCUT2D eigenvalue weighted by atomic mass is 9.82. The first kappa shape index (κ1) is 14.8. The van der Waals surface area contributed by atoms with Crippen LogP contribution < -0.4 is 5.32 Å². The Labute approximate surface area is 129 Å². The highest BCUT2D eigenvalue weighted by Crippen LogP contribution is 2.39. The van der Waals surface area contributed by atoms with Crippen molar-refractivity contribution in [3.63, 3.8) is 0 Å². The maximum Gasteiger partial charge on any atom is 0.310 e. The highest BCUT2D eigenvalue weighted by Gasteiger charge is 2.53. The Morgan fingerprint density at radius 1 is 1.09 bits per heavy atom. The fraction of sp³-hybridized carbons (Fsp3) is 0.412. The molecule has 22 heavy (non-hydrogen) atoms. The van der Waals surface area contributed by atoms with Gasteiger partial charge < -0.3 is 15.2 Å². The SMILES string of the molecule is O=C(O)[C@@H]1[C@H](C(=O)NCCCc2ccccc2)[C@H]2C=C[C@H]1O2. The molecule has 2 heterocycles. The second-order valence-corrected chi connectivity index (χ2v) is 5.72. The molecule has 2 aliphatic rings. The van der Waals surface area contributed by atoms with E-state index in [1.807, 2.05) is 18.2 Å². The van der Waals surface area contributed by atoms with Gasteiger partial charge in [-0.25, -0.2) is 0 Å². The lowest BCUT2D eigenvalue weighted by molar-refractivity contribution is -0.146. The van der Waals surface area contributed by atoms with E-state index >= 15 is 0 Å². The van der Waals surface area contributed by atoms with Crippen LogP contribution in [-0.4, -0.2) is 35.7 Å². The van der Waals surface area contributed by atoms with Gasteiger partial charge in [0, 0.05) is 6.54 Å². The first-order valence-electron chi connectivity index (χ1n) is 7.55. The molecule has 0 spiro atoms. The van der Waals surface area contributed by atoms with Crippen molar-refractivity contribution >= 4 is 11.9 Å². The second kappa shape index (κ2) is 6.32. The average Bonchev–Trinajstić information content (AvgIpc) is 3.13. The molecule has 2 N–H and O–H groups in total. The number of ether oxygens (including phenoxy) is 1. The number of benzene rings is 1. The van der Waals surface area contributed by atoms with Crippen LogP contribution in [0.5, 0.6) is 0 Å². The van der Waals surface area contributed by atoms with Crippen molar-refractivity contribution in [1.82, 2.24) is 5.32 Å². The Bertz CT molecular complexity index is 584. The van der Waals surface area contributed by atoms with Crippen molar-refractivity contribution in [2.75, 3.05) is 6.54 Å². The number of rotatable bonds is 6. The van der Waals surface area contributed by atoms with Crippen LogP contribution in [0.4, 0.5) is 0 Å². The largest absolute Gasteiger partial charge is 0.481 e. The molecule has 116 valence electrons. The Morgan fingerprint density at radius 2 is 1.77 bits per heavy atom. The minimum atomic E-state index is -0.971. The van der Waals surface area contributed by atoms with E-state index in [0.717, 1.165) is 12.8 Å². The third-order valence-corrected chi connectivity index (χ3v) is 4.27. The standard InChI is InChI=1S/C17H19NO4/c19-16(18-10-4-7-11-5-2-1-3-6-11)14-12-8-9-13(22-12)15(14)17(20)21/h1-3,5-6,8-9,12-15H,4,7,10H2,(H,18,19)(H,20,21)/t12-,13-,14-,15+/m1/s1. The number of nitrogens with one attached hydrogen (secondary N) is 1. The molecule has 5 heteroatoms. The molecule has 1 aromatic rings. The van der Waals surface area contributed by atoms with E-state index in [2.05, 4.69) is 17.4 Å². The van der Waals surface area contributed by atoms with Gasteiger partial charge in [-0.3, -0.25) is 9.59 Å². The number of carboxylic acid groups (broad SMARTS) is 1. The third kappa shape index (κ3) is 2.90. The summed E-state index contributed by atoms with van der Waals surface area (Å²) in [6, 6.07) is 10.1. The topological polar surface area (TPSA) is 75.6 Å². The number of aliphatic carboxylic acids is 1. The Hall–Kier alpha value is -2.14. The highest BCUT2D eigenvalue weighted by molar-refractivity contribution is 5.87. The number of aryl methyl sites for hydroxylation is 1. The van der Waals surface area contributed by atoms with Gasteiger partial charge in [0.05, 0.1) is 18.1 Å². The van der Waals surface area contributed by atoms with Gasteiger partial charge in [-0.2, -0.15) is 0 Å². The van der Waals surface area contributed by atoms with E-state index in [0.29, 0.717) is 6.54 Å². The second-order valence-electron chi connectivity index (χ2n) is 5.72. The smallest absolute Gasteiger partial charge is 0.310 e. The summed E-state index contributed by atoms with van der Waals surface area (Å²) in [7, 11) is 0. The van der Waals surface area contributed by atoms with Gasteiger partial charge in [0.25, 0.3) is 0 Å². The van der Waals surface area contributed by atoms with Crippen molar-refractivity contribution in [3.8, 4) is 0 Å². The molecule has 0 aliphatic carbocycles. The van der Waals surface area contributed by atoms with Crippen molar-refractivity contribution < 1.29 is 19.4 Å². The van der Waals surface area contributed by atoms with Crippen molar-refractivity contribution in [3.05, 3.63) is 48.0 Å². The number of carbonyl (C=O) groups is 2. The number of carboxylic acids is 1. The number of carbonyl (C=O) groups excluding carboxylic acids is 1. The lowest BCUT2D eigenvalue weighted by Crippen LogP contribution is -2.42. The number of hydrogen-bond donors (Lipinski definition) is 2. The van der Waals surface area contributed by atoms with Crippen LogP contribution >= 0.6 is 0 Å². The molecular formula is C17H19NO4. The predicted octanol–water partition coefficient (Wildman–Crippen LogP) is 1.39. The molecule has 1 fully saturated rings. The van der Waals surface area contributed by atoms with Crippen LogP contribution in [0.25, 0.3) is 0 Å². The van der Waals surface area contributed by atoms with Crippen LogP contribution in [0.1, 0.15) is 12.0 Å². The van der Waals surface area contributed by atoms with Crippen LogP contribution in [0, 0.1) is 11.8 Å². The first-order chi connectivity index (χ1) is 10.7. The highest BCUT2D eigenvalue weighted by atomic mass is 16.5. The molecule has 2 aliphatic heterocycles. The lowest BCUT2D eigenvalue weighted by Gasteiger charge is -2.20. The molecule has 0 unspecified atom stereocenters. The summed E-state index contributed by atoms with van der Waals surface area (Å²) >= 11 is 0. The minimum absolute atomic E-state index is 0.225. The zero-order valence-corrected chi connectivity index (χ0v) is 12.1. The molecule has 1 saturated heterocycles. The quantitative estimate of drug-likeness (QED) is 0.615. The Kier molecular flexibility index (Phi) is 4.24. The summed E-state index contributed by atoms with van der Waals surface area (Å²) in [6.07, 6.45) is 4.37. The summed E-state index contributed by atoms with van der Waals surface area (Å²) in [4.78, 5) is 23.6. The van der Waals surface area contributed by atoms with E-state index in [1.165, 1.54) is 5.56 Å². The van der Waals surface area contributed by atoms with Gasteiger partial charge in [0.1, 0.15) is 5.92 Å². The minimum Gasteiger partial charge on any atom is -0.481 e. The van der Waals surface area contributed by atoms with Crippen molar-refractivity contribution in [1.29, 1.82) is 0 Å². The summed E-state index contributed by atoms with van der Waals surface area (Å²) in [5, 5.41) is 12.1. The fourth-order valence-electron chi connectivity index (χ4n) is 3.18. The van der Waals surface area contributed by atoms with E-state index in [9.17, 15) is 14.7 Å². The molecule has 0 saturated carbocycles. The number of amides is 1. The molecule has 3 rings (SSSR count). The maximum atomic E-state index is 12.3. The van der Waals surface area contributed by atoms with Gasteiger partial charge in [-0.05, 0) is 18.4 Å². The number of fused-ring (bicyclic) bond motifs is 2. The summed E-state index contributed by atoms with van der Waals surface area (Å²) in [6.45, 7) is 0.539. The van der Waals surface area contributed by atoms with Crippen LogP contribution in [-0.2, 0) is 20.7 Å². The van der Waals surface area contributed by atoms with E-state index < -0.39 is 30.0 Å². The third-order valence-electron chi connectivity index (χ3n) is 4.27.